The molecule has 0 aromatic rings. The molecular formula is C12H25NY-2. The zero-order valence-corrected chi connectivity index (χ0v) is 13.3. The maximum absolute atomic E-state index is 4.53. The van der Waals surface area contributed by atoms with Crippen molar-refractivity contribution < 1.29 is 32.7 Å². The molecule has 0 aromatic heterocycles. The van der Waals surface area contributed by atoms with Crippen molar-refractivity contribution >= 4 is 0 Å². The summed E-state index contributed by atoms with van der Waals surface area (Å²) in [5.41, 5.74) is 0. The summed E-state index contributed by atoms with van der Waals surface area (Å²) in [7, 11) is 0. The zero-order valence-electron chi connectivity index (χ0n) is 10.5. The van der Waals surface area contributed by atoms with Gasteiger partial charge in [0.1, 0.15) is 0 Å². The Labute approximate surface area is 116 Å². The molecular weight excluding hydrogens is 247 g/mol. The third-order valence-corrected chi connectivity index (χ3v) is 2.55. The van der Waals surface area contributed by atoms with Gasteiger partial charge in [-0.05, 0) is 5.92 Å². The Kier molecular flexibility index (Phi) is 13.2. The molecule has 2 heteroatoms. The average Bonchev–Trinajstić information content (AvgIpc) is 2.06. The van der Waals surface area contributed by atoms with Crippen molar-refractivity contribution in [3.05, 3.63) is 11.7 Å². The fraction of sp³-hybridized carbons (Fsp3) is 0.917. The normalized spacial score (nSPS) is 26.1. The second-order valence-electron chi connectivity index (χ2n) is 4.37. The average molecular weight is 272 g/mol. The van der Waals surface area contributed by atoms with Crippen molar-refractivity contribution in [3.63, 3.8) is 0 Å². The third-order valence-electron chi connectivity index (χ3n) is 2.55. The number of hydrogen-bond acceptors (Lipinski definition) is 0. The maximum atomic E-state index is 4.53. The van der Waals surface area contributed by atoms with Crippen molar-refractivity contribution in [1.82, 2.24) is 0 Å². The molecule has 0 aromatic carbocycles. The van der Waals surface area contributed by atoms with Gasteiger partial charge in [0.25, 0.3) is 0 Å². The smallest absolute Gasteiger partial charge is 0 e. The standard InChI is InChI=1S/C9H18N.C3H7.Y/c1-7(2)9-5-4-8(3)10-6-9;1-3-2;/h7-9H,4-6H2,1-3H3;3H,1-2H3;/q2*-1;. The first-order valence-electron chi connectivity index (χ1n) is 5.52. The molecule has 2 atom stereocenters. The van der Waals surface area contributed by atoms with Crippen LogP contribution in [0.2, 0.25) is 0 Å². The quantitative estimate of drug-likeness (QED) is 0.639. The van der Waals surface area contributed by atoms with Gasteiger partial charge in [-0.3, -0.25) is 0 Å². The summed E-state index contributed by atoms with van der Waals surface area (Å²) in [5, 5.41) is 4.53. The van der Waals surface area contributed by atoms with Crippen molar-refractivity contribution in [2.24, 2.45) is 11.8 Å². The molecule has 1 radical (unpaired) electrons. The summed E-state index contributed by atoms with van der Waals surface area (Å²) >= 11 is 0. The number of hydrogen-bond donors (Lipinski definition) is 0. The Morgan fingerprint density at radius 1 is 1.21 bits per heavy atom. The summed E-state index contributed by atoms with van der Waals surface area (Å²) in [4.78, 5) is 0. The minimum Gasteiger partial charge on any atom is -0.660 e. The predicted octanol–water partition coefficient (Wildman–Crippen LogP) is 4.04. The molecule has 1 saturated heterocycles. The molecule has 14 heavy (non-hydrogen) atoms. The summed E-state index contributed by atoms with van der Waals surface area (Å²) in [6.45, 7) is 11.9. The molecule has 0 amide bonds. The summed E-state index contributed by atoms with van der Waals surface area (Å²) in [6.07, 6.45) is 4.70. The van der Waals surface area contributed by atoms with Gasteiger partial charge in [-0.1, -0.05) is 39.5 Å². The molecule has 1 aliphatic heterocycles. The molecule has 0 spiro atoms. The van der Waals surface area contributed by atoms with Crippen LogP contribution < -0.4 is 0 Å². The van der Waals surface area contributed by atoms with E-state index in [0.29, 0.717) is 6.04 Å². The molecule has 83 valence electrons. The third kappa shape index (κ3) is 8.38. The van der Waals surface area contributed by atoms with Gasteiger partial charge >= 0.3 is 0 Å². The first kappa shape index (κ1) is 17.5. The van der Waals surface area contributed by atoms with Crippen LogP contribution in [-0.2, 0) is 32.7 Å². The van der Waals surface area contributed by atoms with E-state index >= 15 is 0 Å². The fourth-order valence-electron chi connectivity index (χ4n) is 1.50. The van der Waals surface area contributed by atoms with Crippen LogP contribution in [0, 0.1) is 18.3 Å². The Morgan fingerprint density at radius 3 is 2.00 bits per heavy atom. The van der Waals surface area contributed by atoms with Crippen LogP contribution in [0.3, 0.4) is 0 Å². The van der Waals surface area contributed by atoms with Gasteiger partial charge < -0.3 is 11.7 Å². The minimum atomic E-state index is 0. The van der Waals surface area contributed by atoms with E-state index in [-0.39, 0.29) is 32.7 Å². The number of rotatable bonds is 1. The first-order chi connectivity index (χ1) is 6.11. The molecule has 0 aliphatic carbocycles. The van der Waals surface area contributed by atoms with E-state index in [1.807, 2.05) is 20.3 Å². The summed E-state index contributed by atoms with van der Waals surface area (Å²) in [5.74, 6) is 1.70. The Morgan fingerprint density at radius 2 is 1.71 bits per heavy atom. The Balaban J connectivity index is 0. The van der Waals surface area contributed by atoms with Crippen LogP contribution in [0.4, 0.5) is 0 Å². The van der Waals surface area contributed by atoms with Crippen LogP contribution in [0.5, 0.6) is 0 Å². The molecule has 1 rings (SSSR count). The van der Waals surface area contributed by atoms with Gasteiger partial charge in [0, 0.05) is 32.7 Å². The molecule has 1 heterocycles. The van der Waals surface area contributed by atoms with Gasteiger partial charge in [-0.25, -0.2) is 0 Å². The fourth-order valence-corrected chi connectivity index (χ4v) is 1.50. The largest absolute Gasteiger partial charge is 0.660 e. The van der Waals surface area contributed by atoms with E-state index in [1.54, 1.807) is 0 Å². The van der Waals surface area contributed by atoms with Crippen LogP contribution in [0.25, 0.3) is 5.32 Å². The molecule has 0 N–H and O–H groups in total. The van der Waals surface area contributed by atoms with Gasteiger partial charge in [0.15, 0.2) is 0 Å². The van der Waals surface area contributed by atoms with E-state index in [9.17, 15) is 0 Å². The zero-order chi connectivity index (χ0) is 10.3. The Bertz CT molecular complexity index is 107. The molecule has 2 unspecified atom stereocenters. The van der Waals surface area contributed by atoms with Crippen molar-refractivity contribution in [3.8, 4) is 0 Å². The van der Waals surface area contributed by atoms with E-state index in [1.165, 1.54) is 12.8 Å². The Hall–Kier alpha value is 1.06. The molecule has 0 bridgehead atoms. The molecule has 1 nitrogen and oxygen atoms in total. The van der Waals surface area contributed by atoms with Crippen LogP contribution >= 0.6 is 0 Å². The van der Waals surface area contributed by atoms with E-state index in [0.717, 1.165) is 18.4 Å². The van der Waals surface area contributed by atoms with Crippen molar-refractivity contribution in [2.45, 2.75) is 53.5 Å². The molecule has 1 aliphatic rings. The molecule has 1 fully saturated rings. The number of nitrogens with zero attached hydrogens (tertiary/aromatic N) is 1. The monoisotopic (exact) mass is 272 g/mol. The second-order valence-corrected chi connectivity index (χ2v) is 4.37. The van der Waals surface area contributed by atoms with Crippen LogP contribution in [0.1, 0.15) is 47.5 Å². The molecule has 0 saturated carbocycles. The maximum Gasteiger partial charge on any atom is 0 e. The number of piperidine rings is 1. The minimum absolute atomic E-state index is 0. The topological polar surface area (TPSA) is 14.1 Å². The van der Waals surface area contributed by atoms with E-state index < -0.39 is 0 Å². The second kappa shape index (κ2) is 10.6. The summed E-state index contributed by atoms with van der Waals surface area (Å²) in [6, 6.07) is 0.634. The van der Waals surface area contributed by atoms with Gasteiger partial charge in [-0.15, -0.1) is 12.6 Å². The summed E-state index contributed by atoms with van der Waals surface area (Å²) < 4.78 is 0. The van der Waals surface area contributed by atoms with Crippen molar-refractivity contribution in [1.29, 1.82) is 0 Å². The van der Waals surface area contributed by atoms with Gasteiger partial charge in [0.2, 0.25) is 0 Å². The van der Waals surface area contributed by atoms with Crippen LogP contribution in [-0.4, -0.2) is 12.6 Å². The van der Waals surface area contributed by atoms with Crippen molar-refractivity contribution in [2.75, 3.05) is 6.54 Å². The predicted molar refractivity (Wildman–Crippen MR) is 60.9 cm³/mol. The first-order valence-corrected chi connectivity index (χ1v) is 5.52. The van der Waals surface area contributed by atoms with Crippen LogP contribution in [0.15, 0.2) is 0 Å². The van der Waals surface area contributed by atoms with E-state index in [4.69, 9.17) is 0 Å². The van der Waals surface area contributed by atoms with Gasteiger partial charge in [-0.2, -0.15) is 13.8 Å². The van der Waals surface area contributed by atoms with E-state index in [2.05, 4.69) is 26.1 Å². The van der Waals surface area contributed by atoms with Gasteiger partial charge in [0.05, 0.1) is 0 Å². The SMILES string of the molecule is CC1CCC(C(C)C)C[N-]1.C[CH-]C.[Y].